The van der Waals surface area contributed by atoms with Crippen LogP contribution in [0.15, 0.2) is 12.4 Å². The van der Waals surface area contributed by atoms with Crippen LogP contribution in [0.3, 0.4) is 0 Å². The fourth-order valence-corrected chi connectivity index (χ4v) is 2.29. The lowest BCUT2D eigenvalue weighted by Gasteiger charge is -2.27. The number of rotatable bonds is 1. The van der Waals surface area contributed by atoms with Crippen molar-refractivity contribution in [2.24, 2.45) is 0 Å². The van der Waals surface area contributed by atoms with Gasteiger partial charge in [-0.1, -0.05) is 0 Å². The van der Waals surface area contributed by atoms with Gasteiger partial charge in [-0.25, -0.2) is 4.98 Å². The summed E-state index contributed by atoms with van der Waals surface area (Å²) in [4.78, 5) is 4.18. The molecule has 1 N–H and O–H groups in total. The van der Waals surface area contributed by atoms with Crippen molar-refractivity contribution in [2.45, 2.75) is 44.8 Å². The summed E-state index contributed by atoms with van der Waals surface area (Å²) in [6.45, 7) is 3.90. The molecular formula is C10H16N2O. The molecular weight excluding hydrogens is 164 g/mol. The first kappa shape index (κ1) is 8.75. The Balaban J connectivity index is 2.31. The summed E-state index contributed by atoms with van der Waals surface area (Å²) in [5, 5.41) is 10.1. The molecule has 0 amide bonds. The molecule has 2 atom stereocenters. The Morgan fingerprint density at radius 2 is 2.46 bits per heavy atom. The van der Waals surface area contributed by atoms with Gasteiger partial charge in [0.1, 0.15) is 5.82 Å². The van der Waals surface area contributed by atoms with Crippen LogP contribution in [0.2, 0.25) is 0 Å². The number of aromatic nitrogens is 2. The lowest BCUT2D eigenvalue weighted by atomic mass is 10.0. The van der Waals surface area contributed by atoms with Crippen LogP contribution in [-0.2, 0) is 0 Å². The van der Waals surface area contributed by atoms with Gasteiger partial charge >= 0.3 is 0 Å². The predicted molar refractivity (Wildman–Crippen MR) is 50.5 cm³/mol. The molecule has 1 aliphatic carbocycles. The number of imidazole rings is 1. The maximum Gasteiger partial charge on any atom is 0.105 e. The van der Waals surface area contributed by atoms with Crippen LogP contribution >= 0.6 is 0 Å². The highest BCUT2D eigenvalue weighted by Gasteiger charge is 2.38. The first-order valence-corrected chi connectivity index (χ1v) is 4.83. The fourth-order valence-electron chi connectivity index (χ4n) is 2.29. The van der Waals surface area contributed by atoms with Gasteiger partial charge in [0.05, 0.1) is 11.6 Å². The van der Waals surface area contributed by atoms with Crippen molar-refractivity contribution >= 4 is 0 Å². The van der Waals surface area contributed by atoms with Crippen molar-refractivity contribution in [3.05, 3.63) is 18.2 Å². The van der Waals surface area contributed by atoms with Gasteiger partial charge in [0.15, 0.2) is 0 Å². The van der Waals surface area contributed by atoms with E-state index >= 15 is 0 Å². The molecule has 3 nitrogen and oxygen atoms in total. The van der Waals surface area contributed by atoms with Crippen molar-refractivity contribution < 1.29 is 5.11 Å². The largest absolute Gasteiger partial charge is 0.388 e. The van der Waals surface area contributed by atoms with Crippen LogP contribution in [0.1, 0.15) is 38.1 Å². The normalized spacial score (nSPS) is 33.9. The Morgan fingerprint density at radius 3 is 2.92 bits per heavy atom. The summed E-state index contributed by atoms with van der Waals surface area (Å²) in [6, 6.07) is 0.218. The molecule has 1 aromatic heterocycles. The van der Waals surface area contributed by atoms with Gasteiger partial charge < -0.3 is 9.67 Å². The predicted octanol–water partition coefficient (Wildman–Crippen LogP) is 1.67. The summed E-state index contributed by atoms with van der Waals surface area (Å²) < 4.78 is 2.09. The zero-order valence-corrected chi connectivity index (χ0v) is 8.20. The first-order valence-electron chi connectivity index (χ1n) is 4.83. The van der Waals surface area contributed by atoms with Gasteiger partial charge in [-0.3, -0.25) is 0 Å². The van der Waals surface area contributed by atoms with Crippen molar-refractivity contribution in [2.75, 3.05) is 0 Å². The monoisotopic (exact) mass is 180 g/mol. The third-order valence-electron chi connectivity index (χ3n) is 3.08. The zero-order valence-electron chi connectivity index (χ0n) is 8.20. The van der Waals surface area contributed by atoms with E-state index in [1.54, 1.807) is 6.20 Å². The highest BCUT2D eigenvalue weighted by Crippen LogP contribution is 2.39. The molecule has 1 fully saturated rings. The maximum atomic E-state index is 10.1. The average Bonchev–Trinajstić information content (AvgIpc) is 2.56. The molecule has 2 unspecified atom stereocenters. The van der Waals surface area contributed by atoms with Crippen LogP contribution in [0, 0.1) is 6.92 Å². The second-order valence-electron chi connectivity index (χ2n) is 4.15. The molecule has 1 aromatic rings. The Bertz CT molecular complexity index is 304. The average molecular weight is 180 g/mol. The fraction of sp³-hybridized carbons (Fsp3) is 0.700. The maximum absolute atomic E-state index is 10.1. The topological polar surface area (TPSA) is 38.0 Å². The van der Waals surface area contributed by atoms with Gasteiger partial charge in [-0.2, -0.15) is 0 Å². The lowest BCUT2D eigenvalue weighted by Crippen LogP contribution is -2.31. The molecule has 13 heavy (non-hydrogen) atoms. The van der Waals surface area contributed by atoms with E-state index in [9.17, 15) is 5.11 Å². The summed E-state index contributed by atoms with van der Waals surface area (Å²) in [5.41, 5.74) is -0.550. The first-order chi connectivity index (χ1) is 6.11. The van der Waals surface area contributed by atoms with E-state index in [0.29, 0.717) is 0 Å². The number of aliphatic hydroxyl groups is 1. The van der Waals surface area contributed by atoms with E-state index in [4.69, 9.17) is 0 Å². The number of aryl methyl sites for hydroxylation is 1. The summed E-state index contributed by atoms with van der Waals surface area (Å²) in [5.74, 6) is 0.993. The number of hydrogen-bond donors (Lipinski definition) is 1. The van der Waals surface area contributed by atoms with Crippen LogP contribution in [0.25, 0.3) is 0 Å². The Hall–Kier alpha value is -0.830. The Morgan fingerprint density at radius 1 is 1.69 bits per heavy atom. The molecule has 0 saturated heterocycles. The standard InChI is InChI=1S/C10H16N2O/c1-8-11-6-7-12(8)9-4-3-5-10(9,2)13/h6-7,9,13H,3-5H2,1-2H3. The molecule has 1 heterocycles. The van der Waals surface area contributed by atoms with E-state index in [1.807, 2.05) is 20.0 Å². The smallest absolute Gasteiger partial charge is 0.105 e. The van der Waals surface area contributed by atoms with E-state index in [0.717, 1.165) is 25.1 Å². The summed E-state index contributed by atoms with van der Waals surface area (Å²) in [6.07, 6.45) is 6.82. The minimum Gasteiger partial charge on any atom is -0.388 e. The third kappa shape index (κ3) is 1.37. The van der Waals surface area contributed by atoms with Gasteiger partial charge in [0.25, 0.3) is 0 Å². The van der Waals surface area contributed by atoms with Crippen LogP contribution < -0.4 is 0 Å². The van der Waals surface area contributed by atoms with Gasteiger partial charge in [-0.15, -0.1) is 0 Å². The van der Waals surface area contributed by atoms with E-state index < -0.39 is 5.60 Å². The lowest BCUT2D eigenvalue weighted by molar-refractivity contribution is 0.0258. The highest BCUT2D eigenvalue weighted by molar-refractivity contribution is 5.00. The molecule has 0 aromatic carbocycles. The molecule has 0 spiro atoms. The molecule has 0 bridgehead atoms. The molecule has 72 valence electrons. The molecule has 1 aliphatic rings. The molecule has 1 saturated carbocycles. The van der Waals surface area contributed by atoms with Crippen molar-refractivity contribution in [3.8, 4) is 0 Å². The summed E-state index contributed by atoms with van der Waals surface area (Å²) in [7, 11) is 0. The Labute approximate surface area is 78.4 Å². The number of nitrogens with zero attached hydrogens (tertiary/aromatic N) is 2. The molecule has 0 radical (unpaired) electrons. The zero-order chi connectivity index (χ0) is 9.47. The van der Waals surface area contributed by atoms with Crippen molar-refractivity contribution in [1.29, 1.82) is 0 Å². The van der Waals surface area contributed by atoms with Gasteiger partial charge in [0.2, 0.25) is 0 Å². The minimum absolute atomic E-state index is 0.218. The Kier molecular flexibility index (Phi) is 1.91. The second-order valence-corrected chi connectivity index (χ2v) is 4.15. The molecule has 3 heteroatoms. The summed E-state index contributed by atoms with van der Waals surface area (Å²) >= 11 is 0. The van der Waals surface area contributed by atoms with E-state index in [1.165, 1.54) is 0 Å². The quantitative estimate of drug-likeness (QED) is 0.713. The minimum atomic E-state index is -0.550. The molecule has 0 aliphatic heterocycles. The highest BCUT2D eigenvalue weighted by atomic mass is 16.3. The van der Waals surface area contributed by atoms with Crippen LogP contribution in [0.5, 0.6) is 0 Å². The van der Waals surface area contributed by atoms with Crippen molar-refractivity contribution in [1.82, 2.24) is 9.55 Å². The van der Waals surface area contributed by atoms with E-state index in [-0.39, 0.29) is 6.04 Å². The SMILES string of the molecule is Cc1nccn1C1CCCC1(C)O. The second kappa shape index (κ2) is 2.84. The number of hydrogen-bond acceptors (Lipinski definition) is 2. The third-order valence-corrected chi connectivity index (χ3v) is 3.08. The van der Waals surface area contributed by atoms with Crippen molar-refractivity contribution in [3.63, 3.8) is 0 Å². The van der Waals surface area contributed by atoms with E-state index in [2.05, 4.69) is 9.55 Å². The van der Waals surface area contributed by atoms with Crippen LogP contribution in [-0.4, -0.2) is 20.3 Å². The van der Waals surface area contributed by atoms with Gasteiger partial charge in [0, 0.05) is 12.4 Å². The molecule has 2 rings (SSSR count). The van der Waals surface area contributed by atoms with Gasteiger partial charge in [-0.05, 0) is 33.1 Å². The van der Waals surface area contributed by atoms with Crippen LogP contribution in [0.4, 0.5) is 0 Å².